The van der Waals surface area contributed by atoms with E-state index in [4.69, 9.17) is 0 Å². The van der Waals surface area contributed by atoms with Gasteiger partial charge in [0.1, 0.15) is 41.0 Å². The van der Waals surface area contributed by atoms with E-state index >= 15 is 26.3 Å². The Hall–Kier alpha value is -3.33. The highest BCUT2D eigenvalue weighted by molar-refractivity contribution is 7.11. The van der Waals surface area contributed by atoms with E-state index in [-0.39, 0.29) is 6.42 Å². The maximum Gasteiger partial charge on any atom is 0.200 e. The van der Waals surface area contributed by atoms with Crippen molar-refractivity contribution in [3.63, 3.8) is 0 Å². The minimum absolute atomic E-state index is 0.316. The average molecular weight is 569 g/mol. The van der Waals surface area contributed by atoms with Gasteiger partial charge in [0.05, 0.1) is 0 Å². The Morgan fingerprint density at radius 2 is 0.526 bits per heavy atom. The molecule has 3 aromatic carbocycles. The number of halogens is 15. The number of hydrogen-bond donors (Lipinski definition) is 0. The van der Waals surface area contributed by atoms with Crippen molar-refractivity contribution >= 4 is 22.5 Å². The SMILES string of the molecule is CCCC[B-](c1c(F)c(F)c(F)c(F)c1F)(c1c(F)c(F)c(F)c(F)c1F)c1c(F)c(F)c(F)c(F)c1F. The molecule has 0 radical (unpaired) electrons. The molecular formula is C22H9BF15-. The van der Waals surface area contributed by atoms with Crippen LogP contribution in [0.4, 0.5) is 65.9 Å². The lowest BCUT2D eigenvalue weighted by molar-refractivity contribution is 0.379. The van der Waals surface area contributed by atoms with Gasteiger partial charge < -0.3 is 0 Å². The van der Waals surface area contributed by atoms with Gasteiger partial charge in [-0.1, -0.05) is 19.8 Å². The first kappa shape index (κ1) is 29.2. The van der Waals surface area contributed by atoms with Crippen LogP contribution in [0.5, 0.6) is 0 Å². The van der Waals surface area contributed by atoms with Gasteiger partial charge in [0, 0.05) is 0 Å². The van der Waals surface area contributed by atoms with Crippen LogP contribution in [0, 0.1) is 87.3 Å². The van der Waals surface area contributed by atoms with Crippen molar-refractivity contribution in [1.29, 1.82) is 0 Å². The fraction of sp³-hybridized carbons (Fsp3) is 0.182. The van der Waals surface area contributed by atoms with Crippen LogP contribution in [0.1, 0.15) is 19.8 Å². The normalized spacial score (nSPS) is 12.0. The number of rotatable bonds is 6. The predicted octanol–water partition coefficient (Wildman–Crippen LogP) is 6.04. The van der Waals surface area contributed by atoms with Gasteiger partial charge in [-0.15, -0.1) is 16.4 Å². The molecule has 0 aromatic heterocycles. The van der Waals surface area contributed by atoms with Crippen molar-refractivity contribution in [1.82, 2.24) is 0 Å². The Labute approximate surface area is 202 Å². The quantitative estimate of drug-likeness (QED) is 0.147. The van der Waals surface area contributed by atoms with Gasteiger partial charge in [0.2, 0.25) is 0 Å². The zero-order valence-electron chi connectivity index (χ0n) is 18.4. The highest BCUT2D eigenvalue weighted by atomic mass is 19.2. The summed E-state index contributed by atoms with van der Waals surface area (Å²) < 4.78 is 217. The highest BCUT2D eigenvalue weighted by Crippen LogP contribution is 2.30. The molecule has 0 fully saturated rings. The molecule has 0 N–H and O–H groups in total. The first-order valence-electron chi connectivity index (χ1n) is 10.3. The lowest BCUT2D eigenvalue weighted by Gasteiger charge is -2.44. The molecule has 0 bridgehead atoms. The predicted molar refractivity (Wildman–Crippen MR) is 103 cm³/mol. The lowest BCUT2D eigenvalue weighted by Crippen LogP contribution is -2.73. The summed E-state index contributed by atoms with van der Waals surface area (Å²) in [5.41, 5.74) is -7.70. The Morgan fingerprint density at radius 3 is 0.711 bits per heavy atom. The fourth-order valence-electron chi connectivity index (χ4n) is 4.54. The molecule has 0 atom stereocenters. The molecule has 0 nitrogen and oxygen atoms in total. The molecule has 0 aliphatic heterocycles. The summed E-state index contributed by atoms with van der Waals surface area (Å²) in [7, 11) is 0. The van der Waals surface area contributed by atoms with Crippen molar-refractivity contribution in [3.8, 4) is 0 Å². The van der Waals surface area contributed by atoms with E-state index in [1.165, 1.54) is 6.92 Å². The fourth-order valence-corrected chi connectivity index (χ4v) is 4.54. The van der Waals surface area contributed by atoms with Crippen LogP contribution in [-0.2, 0) is 0 Å². The molecule has 3 rings (SSSR count). The van der Waals surface area contributed by atoms with Crippen LogP contribution in [0.2, 0.25) is 6.32 Å². The molecule has 16 heteroatoms. The van der Waals surface area contributed by atoms with Crippen molar-refractivity contribution in [2.45, 2.75) is 26.1 Å². The van der Waals surface area contributed by atoms with Crippen molar-refractivity contribution < 1.29 is 65.9 Å². The standard InChI is InChI=1S/C22H9BF15/c1-2-3-4-23(5-8(24)14(30)20(36)15(31)9(5)25,6-10(26)16(32)21(37)17(33)11(6)27)7-12(28)18(34)22(38)19(35)13(7)29/h2-4H2,1H3/q-1. The van der Waals surface area contributed by atoms with Crippen LogP contribution in [-0.4, -0.2) is 6.15 Å². The van der Waals surface area contributed by atoms with Gasteiger partial charge >= 0.3 is 0 Å². The smallest absolute Gasteiger partial charge is 0.200 e. The van der Waals surface area contributed by atoms with E-state index in [1.54, 1.807) is 0 Å². The zero-order valence-corrected chi connectivity index (χ0v) is 18.4. The summed E-state index contributed by atoms with van der Waals surface area (Å²) in [4.78, 5) is 0. The van der Waals surface area contributed by atoms with Gasteiger partial charge in [-0.3, -0.25) is 0 Å². The second-order valence-corrected chi connectivity index (χ2v) is 8.14. The maximum absolute atomic E-state index is 15.1. The molecule has 38 heavy (non-hydrogen) atoms. The molecule has 0 saturated carbocycles. The molecular weight excluding hydrogens is 560 g/mol. The number of unbranched alkanes of at least 4 members (excludes halogenated alkanes) is 1. The first-order valence-corrected chi connectivity index (χ1v) is 10.3. The molecule has 0 amide bonds. The van der Waals surface area contributed by atoms with Gasteiger partial charge in [0.15, 0.2) is 52.4 Å². The third-order valence-electron chi connectivity index (χ3n) is 6.20. The number of hydrogen-bond acceptors (Lipinski definition) is 0. The molecule has 0 heterocycles. The Kier molecular flexibility index (Phi) is 7.77. The summed E-state index contributed by atoms with van der Waals surface area (Å²) >= 11 is 0. The lowest BCUT2D eigenvalue weighted by atomic mass is 9.13. The molecule has 3 aromatic rings. The van der Waals surface area contributed by atoms with E-state index in [0.29, 0.717) is 0 Å². The van der Waals surface area contributed by atoms with Gasteiger partial charge in [-0.25, -0.2) is 65.9 Å². The second kappa shape index (κ2) is 10.1. The summed E-state index contributed by atoms with van der Waals surface area (Å²) in [6, 6.07) is 0. The van der Waals surface area contributed by atoms with Crippen molar-refractivity contribution in [3.05, 3.63) is 87.3 Å². The summed E-state index contributed by atoms with van der Waals surface area (Å²) in [6.45, 7) is 1.18. The first-order chi connectivity index (χ1) is 17.6. The molecule has 0 unspecified atom stereocenters. The Bertz CT molecular complexity index is 1210. The molecule has 206 valence electrons. The molecule has 0 saturated heterocycles. The second-order valence-electron chi connectivity index (χ2n) is 8.14. The third kappa shape index (κ3) is 3.90. The zero-order chi connectivity index (χ0) is 29.0. The van der Waals surface area contributed by atoms with Gasteiger partial charge in [-0.2, -0.15) is 6.32 Å². The summed E-state index contributed by atoms with van der Waals surface area (Å²) in [6.07, 6.45) is -8.14. The van der Waals surface area contributed by atoms with Crippen molar-refractivity contribution in [2.75, 3.05) is 0 Å². The Balaban J connectivity index is 2.86. The third-order valence-corrected chi connectivity index (χ3v) is 6.20. The maximum atomic E-state index is 15.1. The van der Waals surface area contributed by atoms with E-state index in [9.17, 15) is 39.5 Å². The summed E-state index contributed by atoms with van der Waals surface area (Å²) in [5.74, 6) is -44.7. The monoisotopic (exact) mass is 569 g/mol. The molecule has 0 spiro atoms. The topological polar surface area (TPSA) is 0 Å². The van der Waals surface area contributed by atoms with E-state index < -0.39 is 123 Å². The Morgan fingerprint density at radius 1 is 0.342 bits per heavy atom. The molecule has 0 aliphatic carbocycles. The largest absolute Gasteiger partial charge is 0.207 e. The van der Waals surface area contributed by atoms with Crippen LogP contribution in [0.3, 0.4) is 0 Å². The minimum atomic E-state index is -5.41. The highest BCUT2D eigenvalue weighted by Gasteiger charge is 2.47. The minimum Gasteiger partial charge on any atom is -0.207 e. The van der Waals surface area contributed by atoms with Crippen LogP contribution in [0.25, 0.3) is 0 Å². The van der Waals surface area contributed by atoms with Crippen molar-refractivity contribution in [2.24, 2.45) is 0 Å². The van der Waals surface area contributed by atoms with Gasteiger partial charge in [-0.05, 0) is 0 Å². The van der Waals surface area contributed by atoms with Gasteiger partial charge in [0.25, 0.3) is 0 Å². The van der Waals surface area contributed by atoms with Crippen LogP contribution in [0.15, 0.2) is 0 Å². The van der Waals surface area contributed by atoms with Crippen LogP contribution < -0.4 is 16.4 Å². The number of benzene rings is 3. The average Bonchev–Trinajstić information content (AvgIpc) is 2.89. The van der Waals surface area contributed by atoms with Crippen LogP contribution >= 0.6 is 0 Å². The van der Waals surface area contributed by atoms with E-state index in [1.807, 2.05) is 0 Å². The van der Waals surface area contributed by atoms with E-state index in [0.717, 1.165) is 0 Å². The summed E-state index contributed by atoms with van der Waals surface area (Å²) in [5, 5.41) is 0. The molecule has 0 aliphatic rings. The van der Waals surface area contributed by atoms with E-state index in [2.05, 4.69) is 0 Å².